The van der Waals surface area contributed by atoms with Crippen molar-refractivity contribution in [3.05, 3.63) is 78.0 Å². The monoisotopic (exact) mass is 518 g/mol. The van der Waals surface area contributed by atoms with Gasteiger partial charge in [0.2, 0.25) is 11.8 Å². The van der Waals surface area contributed by atoms with Gasteiger partial charge in [-0.2, -0.15) is 27.1 Å². The molecule has 0 spiro atoms. The number of rotatable bonds is 9. The summed E-state index contributed by atoms with van der Waals surface area (Å²) in [6.07, 6.45) is 1.80. The van der Waals surface area contributed by atoms with Gasteiger partial charge in [0.1, 0.15) is 11.3 Å². The number of hydrogen-bond acceptors (Lipinski definition) is 7. The Balaban J connectivity index is 1.37. The third-order valence-electron chi connectivity index (χ3n) is 5.21. The Labute approximate surface area is 207 Å². The molecule has 0 saturated heterocycles. The highest BCUT2D eigenvalue weighted by molar-refractivity contribution is 5.83. The van der Waals surface area contributed by atoms with Crippen molar-refractivity contribution in [1.29, 1.82) is 0 Å². The first-order chi connectivity index (χ1) is 17.6. The molecule has 0 bridgehead atoms. The first kappa shape index (κ1) is 25.7. The largest absolute Gasteiger partial charge is 0.481 e. The number of methoxy groups -OCH3 is 1. The number of halogens is 5. The molecule has 4 rings (SSSR count). The number of pyridine rings is 1. The number of nitrogens with one attached hydrogen (secondary N) is 1. The molecule has 0 amide bonds. The number of Topliss-reactive ketones (excluding diaryl/α,β-unsaturated/α-hetero) is 1. The average molecular weight is 518 g/mol. The van der Waals surface area contributed by atoms with Crippen LogP contribution in [0.3, 0.4) is 0 Å². The van der Waals surface area contributed by atoms with Gasteiger partial charge in [-0.1, -0.05) is 24.3 Å². The van der Waals surface area contributed by atoms with Crippen molar-refractivity contribution in [3.8, 4) is 17.0 Å². The Bertz CT molecular complexity index is 1370. The predicted octanol–water partition coefficient (Wildman–Crippen LogP) is 5.26. The van der Waals surface area contributed by atoms with Crippen LogP contribution in [0.25, 0.3) is 11.1 Å². The van der Waals surface area contributed by atoms with Gasteiger partial charge >= 0.3 is 12.7 Å². The highest BCUT2D eigenvalue weighted by Gasteiger charge is 2.35. The molecule has 192 valence electrons. The number of alkyl halides is 5. The quantitative estimate of drug-likeness (QED) is 0.302. The van der Waals surface area contributed by atoms with E-state index in [1.165, 1.54) is 12.4 Å². The lowest BCUT2D eigenvalue weighted by atomic mass is 10.0. The van der Waals surface area contributed by atoms with Gasteiger partial charge in [0.05, 0.1) is 25.2 Å². The molecule has 0 atom stereocenters. The summed E-state index contributed by atoms with van der Waals surface area (Å²) in [4.78, 5) is 24.5. The molecule has 13 heteroatoms. The van der Waals surface area contributed by atoms with E-state index in [0.717, 1.165) is 24.9 Å². The minimum atomic E-state index is -4.65. The topological polar surface area (TPSA) is 94.8 Å². The normalized spacial score (nSPS) is 11.5. The van der Waals surface area contributed by atoms with Crippen LogP contribution in [0, 0.1) is 0 Å². The maximum absolute atomic E-state index is 13.2. The third-order valence-corrected chi connectivity index (χ3v) is 5.21. The van der Waals surface area contributed by atoms with Crippen LogP contribution in [0.2, 0.25) is 0 Å². The number of hydrogen-bond donors (Lipinski definition) is 1. The molecule has 0 aliphatic carbocycles. The van der Waals surface area contributed by atoms with Crippen molar-refractivity contribution in [2.45, 2.75) is 25.6 Å². The third kappa shape index (κ3) is 6.42. The Kier molecular flexibility index (Phi) is 7.41. The molecule has 0 radical (unpaired) electrons. The minimum Gasteiger partial charge on any atom is -0.481 e. The van der Waals surface area contributed by atoms with Crippen molar-refractivity contribution >= 4 is 17.4 Å². The first-order valence-electron chi connectivity index (χ1n) is 10.7. The summed E-state index contributed by atoms with van der Waals surface area (Å²) in [5.41, 5.74) is 1.54. The van der Waals surface area contributed by atoms with Crippen molar-refractivity contribution in [3.63, 3.8) is 0 Å². The fourth-order valence-corrected chi connectivity index (χ4v) is 3.47. The molecule has 0 aliphatic heterocycles. The summed E-state index contributed by atoms with van der Waals surface area (Å²) in [5, 5.41) is 6.30. The van der Waals surface area contributed by atoms with Crippen LogP contribution in [0.5, 0.6) is 5.88 Å². The smallest absolute Gasteiger partial charge is 0.421 e. The average Bonchev–Trinajstić information content (AvgIpc) is 3.33. The number of carbonyl (C=O) groups is 1. The molecular formula is C24H19F5N6O2. The Morgan fingerprint density at radius 2 is 1.65 bits per heavy atom. The molecule has 1 N–H and O–H groups in total. The molecule has 0 aliphatic rings. The lowest BCUT2D eigenvalue weighted by Gasteiger charge is -2.12. The van der Waals surface area contributed by atoms with E-state index in [0.29, 0.717) is 21.5 Å². The van der Waals surface area contributed by atoms with E-state index in [9.17, 15) is 26.7 Å². The van der Waals surface area contributed by atoms with Crippen LogP contribution in [-0.4, -0.2) is 37.6 Å². The van der Waals surface area contributed by atoms with E-state index in [1.54, 1.807) is 36.7 Å². The van der Waals surface area contributed by atoms with Gasteiger partial charge in [-0.25, -0.2) is 19.6 Å². The standard InChI is InChI=1S/C24H19F5N6O2/c1-37-21-20(24(27,28)29)8-15(9-30-21)7-19(36)6-14-2-4-16(5-3-14)17-10-31-23(32-11-17)34-18-12-33-35(13-18)22(25)26/h2-5,8-13,22H,6-7H2,1H3,(H,31,32,34). The Morgan fingerprint density at radius 1 is 0.973 bits per heavy atom. The van der Waals surface area contributed by atoms with Crippen molar-refractivity contribution in [2.75, 3.05) is 12.4 Å². The number of ketones is 1. The second kappa shape index (κ2) is 10.7. The van der Waals surface area contributed by atoms with E-state index in [4.69, 9.17) is 0 Å². The van der Waals surface area contributed by atoms with Gasteiger partial charge in [0, 0.05) is 37.0 Å². The van der Waals surface area contributed by atoms with Crippen LogP contribution in [0.15, 0.2) is 61.3 Å². The van der Waals surface area contributed by atoms with Gasteiger partial charge in [-0.05, 0) is 22.8 Å². The highest BCUT2D eigenvalue weighted by atomic mass is 19.4. The van der Waals surface area contributed by atoms with Gasteiger partial charge in [-0.3, -0.25) is 4.79 Å². The molecule has 37 heavy (non-hydrogen) atoms. The summed E-state index contributed by atoms with van der Waals surface area (Å²) >= 11 is 0. The van der Waals surface area contributed by atoms with Gasteiger partial charge in [0.25, 0.3) is 0 Å². The highest BCUT2D eigenvalue weighted by Crippen LogP contribution is 2.35. The summed E-state index contributed by atoms with van der Waals surface area (Å²) < 4.78 is 69.9. The molecule has 0 unspecified atom stereocenters. The molecule has 3 heterocycles. The Hall–Kier alpha value is -4.42. The van der Waals surface area contributed by atoms with E-state index in [-0.39, 0.29) is 30.1 Å². The zero-order valence-corrected chi connectivity index (χ0v) is 19.2. The molecule has 0 saturated carbocycles. The van der Waals surface area contributed by atoms with E-state index in [1.807, 2.05) is 0 Å². The van der Waals surface area contributed by atoms with E-state index >= 15 is 0 Å². The van der Waals surface area contributed by atoms with Gasteiger partial charge < -0.3 is 10.1 Å². The number of nitrogens with zero attached hydrogens (tertiary/aromatic N) is 5. The molecule has 3 aromatic heterocycles. The van der Waals surface area contributed by atoms with Crippen LogP contribution in [-0.2, 0) is 23.8 Å². The maximum atomic E-state index is 13.2. The summed E-state index contributed by atoms with van der Waals surface area (Å²) in [7, 11) is 1.10. The zero-order valence-electron chi connectivity index (χ0n) is 19.2. The van der Waals surface area contributed by atoms with Crippen molar-refractivity contribution in [1.82, 2.24) is 24.7 Å². The lowest BCUT2D eigenvalue weighted by molar-refractivity contribution is -0.139. The second-order valence-electron chi connectivity index (χ2n) is 7.89. The summed E-state index contributed by atoms with van der Waals surface area (Å²) in [6.45, 7) is -2.75. The number of ether oxygens (including phenoxy) is 1. The number of anilines is 2. The number of aromatic nitrogens is 5. The zero-order chi connectivity index (χ0) is 26.6. The summed E-state index contributed by atoms with van der Waals surface area (Å²) in [5.74, 6) is -0.627. The maximum Gasteiger partial charge on any atom is 0.421 e. The number of benzene rings is 1. The first-order valence-corrected chi connectivity index (χ1v) is 10.7. The van der Waals surface area contributed by atoms with E-state index in [2.05, 4.69) is 30.1 Å². The molecule has 1 aromatic carbocycles. The molecular weight excluding hydrogens is 499 g/mol. The van der Waals surface area contributed by atoms with Crippen LogP contribution in [0.1, 0.15) is 23.2 Å². The molecule has 8 nitrogen and oxygen atoms in total. The fraction of sp³-hybridized carbons (Fsp3) is 0.208. The van der Waals surface area contributed by atoms with Crippen molar-refractivity contribution < 1.29 is 31.5 Å². The SMILES string of the molecule is COc1ncc(CC(=O)Cc2ccc(-c3cnc(Nc4cnn(C(F)F)c4)nc3)cc2)cc1C(F)(F)F. The Morgan fingerprint density at radius 3 is 2.24 bits per heavy atom. The van der Waals surface area contributed by atoms with Crippen LogP contribution < -0.4 is 10.1 Å². The second-order valence-corrected chi connectivity index (χ2v) is 7.89. The molecule has 4 aromatic rings. The van der Waals surface area contributed by atoms with Crippen LogP contribution in [0.4, 0.5) is 33.6 Å². The minimum absolute atomic E-state index is 0.0271. The van der Waals surface area contributed by atoms with Gasteiger partial charge in [-0.15, -0.1) is 0 Å². The van der Waals surface area contributed by atoms with E-state index < -0.39 is 24.2 Å². The summed E-state index contributed by atoms with van der Waals surface area (Å²) in [6, 6.07) is 7.85. The van der Waals surface area contributed by atoms with Crippen molar-refractivity contribution in [2.24, 2.45) is 0 Å². The number of carbonyl (C=O) groups excluding carboxylic acids is 1. The predicted molar refractivity (Wildman–Crippen MR) is 122 cm³/mol. The van der Waals surface area contributed by atoms with Crippen LogP contribution >= 0.6 is 0 Å². The lowest BCUT2D eigenvalue weighted by Crippen LogP contribution is -2.12. The van der Waals surface area contributed by atoms with Gasteiger partial charge in [0.15, 0.2) is 0 Å². The molecule has 0 fully saturated rings. The fourth-order valence-electron chi connectivity index (χ4n) is 3.47.